The lowest BCUT2D eigenvalue weighted by Gasteiger charge is -2.34. The van der Waals surface area contributed by atoms with Crippen LogP contribution in [-0.4, -0.2) is 76.6 Å². The number of hydrogen-bond donors (Lipinski definition) is 2. The molecule has 0 amide bonds. The molecule has 2 N–H and O–H groups in total. The molecule has 0 radical (unpaired) electrons. The molecule has 4 saturated heterocycles. The van der Waals surface area contributed by atoms with Crippen molar-refractivity contribution in [3.8, 4) is 22.9 Å². The van der Waals surface area contributed by atoms with Gasteiger partial charge in [0.15, 0.2) is 5.82 Å². The third-order valence-corrected chi connectivity index (χ3v) is 10.4. The monoisotopic (exact) mass is 621 g/mol. The third-order valence-electron chi connectivity index (χ3n) is 10.4. The van der Waals surface area contributed by atoms with Crippen LogP contribution in [0.4, 0.5) is 23.4 Å². The second-order valence-electron chi connectivity index (χ2n) is 13.2. The average Bonchev–Trinajstić information content (AvgIpc) is 3.67. The van der Waals surface area contributed by atoms with E-state index in [1.807, 2.05) is 4.90 Å². The number of benzene rings is 3. The Labute approximate surface area is 258 Å². The van der Waals surface area contributed by atoms with Gasteiger partial charge in [-0.2, -0.15) is 9.97 Å². The molecule has 7 nitrogen and oxygen atoms in total. The van der Waals surface area contributed by atoms with Crippen LogP contribution in [0.2, 0.25) is 0 Å². The standard InChI is InChI=1S/C34H35F4N5O2/c1-2-23-26(36)7-4-18-10-22(44)11-24(28(18)23)25-12-27(37)29-31(30(25)38)40-33(41-32(29)42-15-20-5-6-21(16-42)39-20)45-17-34-8-3-9-43(34)14-19(35)13-34/h4,7,10-12,19-21,39,44H,2-3,5-6,8-9,13-17H2,1H3/t19-,20?,21?,34+/m1/s1. The van der Waals surface area contributed by atoms with Crippen molar-refractivity contribution in [3.63, 3.8) is 0 Å². The Bertz CT molecular complexity index is 1830. The van der Waals surface area contributed by atoms with E-state index in [1.165, 1.54) is 24.3 Å². The first-order chi connectivity index (χ1) is 21.7. The number of nitrogens with one attached hydrogen (secondary N) is 1. The highest BCUT2D eigenvalue weighted by Gasteiger charge is 2.49. The number of aromatic nitrogens is 2. The van der Waals surface area contributed by atoms with Crippen LogP contribution in [0, 0.1) is 17.5 Å². The predicted molar refractivity (Wildman–Crippen MR) is 164 cm³/mol. The van der Waals surface area contributed by atoms with Crippen LogP contribution in [0.25, 0.3) is 32.8 Å². The van der Waals surface area contributed by atoms with E-state index in [4.69, 9.17) is 4.74 Å². The van der Waals surface area contributed by atoms with Gasteiger partial charge in [0.1, 0.15) is 41.5 Å². The zero-order chi connectivity index (χ0) is 31.0. The molecule has 4 atom stereocenters. The smallest absolute Gasteiger partial charge is 0.319 e. The number of nitrogens with zero attached hydrogens (tertiary/aromatic N) is 4. The van der Waals surface area contributed by atoms with E-state index in [-0.39, 0.29) is 58.3 Å². The van der Waals surface area contributed by atoms with E-state index in [9.17, 15) is 13.9 Å². The number of anilines is 1. The summed E-state index contributed by atoms with van der Waals surface area (Å²) in [4.78, 5) is 13.2. The third kappa shape index (κ3) is 4.69. The Morgan fingerprint density at radius 1 is 1.00 bits per heavy atom. The van der Waals surface area contributed by atoms with Crippen molar-refractivity contribution in [2.75, 3.05) is 37.7 Å². The Kier molecular flexibility index (Phi) is 6.83. The molecule has 45 heavy (non-hydrogen) atoms. The number of ether oxygens (including phenoxy) is 1. The van der Waals surface area contributed by atoms with Gasteiger partial charge in [-0.25, -0.2) is 17.6 Å². The molecular weight excluding hydrogens is 586 g/mol. The number of aromatic hydroxyl groups is 1. The fraction of sp³-hybridized carbons (Fsp3) is 0.471. The van der Waals surface area contributed by atoms with Crippen molar-refractivity contribution in [2.24, 2.45) is 0 Å². The summed E-state index contributed by atoms with van der Waals surface area (Å²) in [6.45, 7) is 4.23. The molecule has 1 aromatic heterocycles. The molecule has 11 heteroatoms. The number of halogens is 4. The molecule has 8 rings (SSSR count). The summed E-state index contributed by atoms with van der Waals surface area (Å²) in [5.74, 6) is -1.90. The quantitative estimate of drug-likeness (QED) is 0.255. The lowest BCUT2D eigenvalue weighted by Crippen LogP contribution is -2.51. The second-order valence-corrected chi connectivity index (χ2v) is 13.2. The zero-order valence-electron chi connectivity index (χ0n) is 25.1. The lowest BCUT2D eigenvalue weighted by atomic mass is 9.92. The molecule has 5 heterocycles. The molecule has 0 saturated carbocycles. The molecule has 236 valence electrons. The number of phenols is 1. The van der Waals surface area contributed by atoms with Gasteiger partial charge >= 0.3 is 6.01 Å². The van der Waals surface area contributed by atoms with E-state index >= 15 is 8.78 Å². The van der Waals surface area contributed by atoms with Crippen molar-refractivity contribution >= 4 is 27.5 Å². The Hall–Kier alpha value is -3.70. The summed E-state index contributed by atoms with van der Waals surface area (Å²) >= 11 is 0. The van der Waals surface area contributed by atoms with Crippen molar-refractivity contribution in [2.45, 2.75) is 69.2 Å². The number of hydrogen-bond acceptors (Lipinski definition) is 7. The number of alkyl halides is 1. The molecule has 3 aromatic carbocycles. The summed E-state index contributed by atoms with van der Waals surface area (Å²) < 4.78 is 68.8. The predicted octanol–water partition coefficient (Wildman–Crippen LogP) is 6.03. The maximum Gasteiger partial charge on any atom is 0.319 e. The minimum absolute atomic E-state index is 0.0541. The minimum Gasteiger partial charge on any atom is -0.508 e. The molecule has 2 unspecified atom stereocenters. The Morgan fingerprint density at radius 3 is 2.58 bits per heavy atom. The molecule has 0 spiro atoms. The first kappa shape index (κ1) is 28.8. The van der Waals surface area contributed by atoms with Gasteiger partial charge in [-0.3, -0.25) is 4.90 Å². The zero-order valence-corrected chi connectivity index (χ0v) is 25.1. The van der Waals surface area contributed by atoms with Gasteiger partial charge in [0, 0.05) is 43.7 Å². The summed E-state index contributed by atoms with van der Waals surface area (Å²) in [6, 6.07) is 7.05. The van der Waals surface area contributed by atoms with Crippen LogP contribution in [0.15, 0.2) is 30.3 Å². The van der Waals surface area contributed by atoms with Gasteiger partial charge in [-0.1, -0.05) is 13.0 Å². The van der Waals surface area contributed by atoms with Gasteiger partial charge in [0.2, 0.25) is 0 Å². The van der Waals surface area contributed by atoms with E-state index in [2.05, 4.69) is 20.2 Å². The summed E-state index contributed by atoms with van der Waals surface area (Å²) in [7, 11) is 0. The normalized spacial score (nSPS) is 26.3. The molecule has 4 aliphatic rings. The highest BCUT2D eigenvalue weighted by atomic mass is 19.1. The fourth-order valence-electron chi connectivity index (χ4n) is 8.36. The van der Waals surface area contributed by atoms with Crippen LogP contribution in [-0.2, 0) is 6.42 Å². The van der Waals surface area contributed by atoms with Crippen molar-refractivity contribution in [3.05, 3.63) is 53.3 Å². The number of rotatable bonds is 6. The summed E-state index contributed by atoms with van der Waals surface area (Å²) in [5, 5.41) is 15.0. The SMILES string of the molecule is CCc1c(F)ccc2cc(O)cc(-c3cc(F)c4c(N5CC6CCC(C5)N6)nc(OC[C@@]56CCCN5C[C@H](F)C6)nc4c3F)c12. The van der Waals surface area contributed by atoms with Gasteiger partial charge in [0.25, 0.3) is 0 Å². The summed E-state index contributed by atoms with van der Waals surface area (Å²) in [6.07, 6.45) is 3.40. The first-order valence-corrected chi connectivity index (χ1v) is 15.9. The Balaban J connectivity index is 1.30. The van der Waals surface area contributed by atoms with E-state index in [0.29, 0.717) is 48.8 Å². The van der Waals surface area contributed by atoms with Gasteiger partial charge < -0.3 is 20.1 Å². The first-order valence-electron chi connectivity index (χ1n) is 15.9. The van der Waals surface area contributed by atoms with E-state index in [1.54, 1.807) is 6.92 Å². The molecule has 4 aromatic rings. The molecule has 4 fully saturated rings. The maximum atomic E-state index is 16.9. The van der Waals surface area contributed by atoms with Crippen molar-refractivity contribution in [1.82, 2.24) is 20.2 Å². The average molecular weight is 622 g/mol. The Morgan fingerprint density at radius 2 is 1.80 bits per heavy atom. The lowest BCUT2D eigenvalue weighted by molar-refractivity contribution is 0.107. The topological polar surface area (TPSA) is 73.8 Å². The minimum atomic E-state index is -0.942. The fourth-order valence-corrected chi connectivity index (χ4v) is 8.36. The van der Waals surface area contributed by atoms with Gasteiger partial charge in [-0.05, 0) is 84.8 Å². The number of fused-ring (bicyclic) bond motifs is 5. The number of aryl methyl sites for hydroxylation is 1. The van der Waals surface area contributed by atoms with Gasteiger partial charge in [0.05, 0.1) is 10.9 Å². The molecular formula is C34H35F4N5O2. The van der Waals surface area contributed by atoms with Crippen LogP contribution < -0.4 is 15.0 Å². The highest BCUT2D eigenvalue weighted by molar-refractivity contribution is 6.03. The van der Waals surface area contributed by atoms with Crippen molar-refractivity contribution < 1.29 is 27.4 Å². The number of phenolic OH excluding ortho intramolecular Hbond substituents is 1. The highest BCUT2D eigenvalue weighted by Crippen LogP contribution is 2.43. The number of piperazine rings is 1. The largest absolute Gasteiger partial charge is 0.508 e. The van der Waals surface area contributed by atoms with Crippen LogP contribution in [0.3, 0.4) is 0 Å². The second kappa shape index (κ2) is 10.7. The van der Waals surface area contributed by atoms with E-state index in [0.717, 1.165) is 38.3 Å². The molecule has 0 aliphatic carbocycles. The van der Waals surface area contributed by atoms with Crippen LogP contribution >= 0.6 is 0 Å². The van der Waals surface area contributed by atoms with Gasteiger partial charge in [-0.15, -0.1) is 0 Å². The van der Waals surface area contributed by atoms with Crippen molar-refractivity contribution in [1.29, 1.82) is 0 Å². The van der Waals surface area contributed by atoms with E-state index < -0.39 is 29.2 Å². The maximum absolute atomic E-state index is 16.9. The van der Waals surface area contributed by atoms with Crippen LogP contribution in [0.1, 0.15) is 44.6 Å². The summed E-state index contributed by atoms with van der Waals surface area (Å²) in [5.41, 5.74) is -0.359. The molecule has 2 bridgehead atoms. The van der Waals surface area contributed by atoms with Crippen LogP contribution in [0.5, 0.6) is 11.8 Å². The molecule has 4 aliphatic heterocycles.